The second-order valence-electron chi connectivity index (χ2n) is 7.06. The summed E-state index contributed by atoms with van der Waals surface area (Å²) in [7, 11) is 0. The summed E-state index contributed by atoms with van der Waals surface area (Å²) in [6.07, 6.45) is 2.91. The number of nitriles is 1. The third kappa shape index (κ3) is 5.14. The normalized spacial score (nSPS) is 10.4. The van der Waals surface area contributed by atoms with E-state index in [1.165, 1.54) is 12.1 Å². The maximum absolute atomic E-state index is 14.6. The van der Waals surface area contributed by atoms with Crippen LogP contribution in [-0.2, 0) is 16.0 Å². The first-order valence-corrected chi connectivity index (χ1v) is 9.97. The van der Waals surface area contributed by atoms with Gasteiger partial charge in [-0.05, 0) is 35.9 Å². The number of H-pyrrole nitrogens is 1. The van der Waals surface area contributed by atoms with Crippen molar-refractivity contribution in [1.29, 1.82) is 5.26 Å². The molecule has 0 saturated heterocycles. The van der Waals surface area contributed by atoms with E-state index in [1.807, 2.05) is 6.07 Å². The van der Waals surface area contributed by atoms with Crippen molar-refractivity contribution in [3.05, 3.63) is 78.4 Å². The van der Waals surface area contributed by atoms with Crippen LogP contribution in [0.1, 0.15) is 12.0 Å². The lowest BCUT2D eigenvalue weighted by atomic mass is 10.1. The minimum Gasteiger partial charge on any atom is -0.453 e. The molecular weight excluding hydrogens is 425 g/mol. The number of hydrogen-bond acceptors (Lipinski definition) is 5. The smallest absolute Gasteiger partial charge is 0.233 e. The van der Waals surface area contributed by atoms with Crippen molar-refractivity contribution < 1.29 is 18.7 Å². The van der Waals surface area contributed by atoms with E-state index in [1.54, 1.807) is 48.8 Å². The van der Waals surface area contributed by atoms with Gasteiger partial charge in [-0.15, -0.1) is 0 Å². The Labute approximate surface area is 188 Å². The van der Waals surface area contributed by atoms with E-state index in [0.717, 1.165) is 6.07 Å². The zero-order chi connectivity index (χ0) is 23.2. The highest BCUT2D eigenvalue weighted by Crippen LogP contribution is 2.31. The van der Waals surface area contributed by atoms with E-state index >= 15 is 0 Å². The summed E-state index contributed by atoms with van der Waals surface area (Å²) in [5.41, 5.74) is 1.92. The van der Waals surface area contributed by atoms with E-state index in [4.69, 9.17) is 10.00 Å². The number of halogens is 1. The molecule has 2 amide bonds. The fourth-order valence-electron chi connectivity index (χ4n) is 3.23. The monoisotopic (exact) mass is 443 g/mol. The maximum Gasteiger partial charge on any atom is 0.233 e. The summed E-state index contributed by atoms with van der Waals surface area (Å²) in [5, 5.41) is 14.7. The average molecular weight is 443 g/mol. The topological polar surface area (TPSA) is 120 Å². The predicted octanol–water partition coefficient (Wildman–Crippen LogP) is 4.53. The number of fused-ring (bicyclic) bond motifs is 1. The van der Waals surface area contributed by atoms with Crippen molar-refractivity contribution in [3.63, 3.8) is 0 Å². The van der Waals surface area contributed by atoms with Crippen LogP contribution in [0.3, 0.4) is 0 Å². The van der Waals surface area contributed by atoms with Crippen molar-refractivity contribution in [1.82, 2.24) is 9.97 Å². The van der Waals surface area contributed by atoms with Gasteiger partial charge in [0, 0.05) is 29.8 Å². The maximum atomic E-state index is 14.6. The van der Waals surface area contributed by atoms with Gasteiger partial charge in [0.25, 0.3) is 0 Å². The number of carbonyl (C=O) groups is 2. The fourth-order valence-corrected chi connectivity index (χ4v) is 3.23. The van der Waals surface area contributed by atoms with Gasteiger partial charge in [0.15, 0.2) is 11.6 Å². The summed E-state index contributed by atoms with van der Waals surface area (Å²) in [6, 6.07) is 16.2. The number of anilines is 2. The number of carbonyl (C=O) groups excluding carboxylic acids is 2. The molecule has 8 nitrogen and oxygen atoms in total. The highest BCUT2D eigenvalue weighted by Gasteiger charge is 2.14. The largest absolute Gasteiger partial charge is 0.453 e. The summed E-state index contributed by atoms with van der Waals surface area (Å²) in [4.78, 5) is 31.6. The van der Waals surface area contributed by atoms with Crippen LogP contribution in [0.5, 0.6) is 11.5 Å². The molecule has 2 heterocycles. The molecule has 0 bridgehead atoms. The SMILES string of the molecule is N#CCc1ccccc1NC(=O)CC(=O)Nc1ccc(Oc2ccnc3[nH]ccc23)c(F)c1. The van der Waals surface area contributed by atoms with Gasteiger partial charge in [-0.3, -0.25) is 9.59 Å². The van der Waals surface area contributed by atoms with Crippen molar-refractivity contribution in [2.24, 2.45) is 0 Å². The Kier molecular flexibility index (Phi) is 6.27. The number of pyridine rings is 1. The first-order chi connectivity index (χ1) is 16.0. The molecule has 164 valence electrons. The van der Waals surface area contributed by atoms with Gasteiger partial charge in [-0.2, -0.15) is 5.26 Å². The van der Waals surface area contributed by atoms with Crippen LogP contribution in [0.4, 0.5) is 15.8 Å². The van der Waals surface area contributed by atoms with Crippen molar-refractivity contribution in [2.75, 3.05) is 10.6 Å². The van der Waals surface area contributed by atoms with Crippen LogP contribution < -0.4 is 15.4 Å². The van der Waals surface area contributed by atoms with Gasteiger partial charge in [-0.25, -0.2) is 9.37 Å². The Morgan fingerprint density at radius 3 is 2.70 bits per heavy atom. The second kappa shape index (κ2) is 9.62. The van der Waals surface area contributed by atoms with Crippen molar-refractivity contribution in [3.8, 4) is 17.6 Å². The first kappa shape index (κ1) is 21.5. The number of nitrogens with zero attached hydrogens (tertiary/aromatic N) is 2. The molecule has 0 saturated carbocycles. The second-order valence-corrected chi connectivity index (χ2v) is 7.06. The van der Waals surface area contributed by atoms with Crippen LogP contribution >= 0.6 is 0 Å². The molecule has 0 fully saturated rings. The molecule has 33 heavy (non-hydrogen) atoms. The number of hydrogen-bond donors (Lipinski definition) is 3. The molecule has 4 aromatic rings. The highest BCUT2D eigenvalue weighted by molar-refractivity contribution is 6.08. The number of amides is 2. The number of para-hydroxylation sites is 1. The lowest BCUT2D eigenvalue weighted by molar-refractivity contribution is -0.123. The zero-order valence-electron chi connectivity index (χ0n) is 17.3. The van der Waals surface area contributed by atoms with Gasteiger partial charge in [-0.1, -0.05) is 18.2 Å². The van der Waals surface area contributed by atoms with Gasteiger partial charge in [0.2, 0.25) is 11.8 Å². The molecule has 0 atom stereocenters. The summed E-state index contributed by atoms with van der Waals surface area (Å²) >= 11 is 0. The third-order valence-corrected chi connectivity index (χ3v) is 4.74. The highest BCUT2D eigenvalue weighted by atomic mass is 19.1. The van der Waals surface area contributed by atoms with E-state index in [0.29, 0.717) is 28.0 Å². The standard InChI is InChI=1S/C24H18FN5O3/c25-18-13-16(5-6-21(18)33-20-9-12-28-24-17(20)8-11-27-24)29-22(31)14-23(32)30-19-4-2-1-3-15(19)7-10-26/h1-6,8-9,11-13H,7,14H2,(H,27,28)(H,29,31)(H,30,32). The molecule has 0 unspecified atom stereocenters. The molecule has 4 rings (SSSR count). The number of rotatable bonds is 7. The number of nitrogens with one attached hydrogen (secondary N) is 3. The Hall–Kier alpha value is -4.71. The number of aromatic amines is 1. The quantitative estimate of drug-likeness (QED) is 0.363. The molecule has 2 aromatic heterocycles. The zero-order valence-corrected chi connectivity index (χ0v) is 17.3. The van der Waals surface area contributed by atoms with E-state index < -0.39 is 24.1 Å². The Balaban J connectivity index is 1.38. The first-order valence-electron chi connectivity index (χ1n) is 9.97. The molecule has 0 aliphatic heterocycles. The Morgan fingerprint density at radius 1 is 1.06 bits per heavy atom. The van der Waals surface area contributed by atoms with Gasteiger partial charge < -0.3 is 20.4 Å². The van der Waals surface area contributed by atoms with E-state index in [-0.39, 0.29) is 17.9 Å². The predicted molar refractivity (Wildman–Crippen MR) is 120 cm³/mol. The number of benzene rings is 2. The molecule has 0 spiro atoms. The van der Waals surface area contributed by atoms with Crippen molar-refractivity contribution in [2.45, 2.75) is 12.8 Å². The summed E-state index contributed by atoms with van der Waals surface area (Å²) < 4.78 is 20.2. The van der Waals surface area contributed by atoms with Gasteiger partial charge in [0.05, 0.1) is 17.9 Å². The Morgan fingerprint density at radius 2 is 1.88 bits per heavy atom. The lowest BCUT2D eigenvalue weighted by Crippen LogP contribution is -2.22. The minimum atomic E-state index is -0.678. The van der Waals surface area contributed by atoms with Crippen LogP contribution in [0.25, 0.3) is 11.0 Å². The number of aromatic nitrogens is 2. The van der Waals surface area contributed by atoms with E-state index in [2.05, 4.69) is 20.6 Å². The average Bonchev–Trinajstić information content (AvgIpc) is 3.27. The summed E-state index contributed by atoms with van der Waals surface area (Å²) in [5.74, 6) is -1.42. The van der Waals surface area contributed by atoms with Crippen molar-refractivity contribution >= 4 is 34.2 Å². The molecule has 0 aliphatic carbocycles. The van der Waals surface area contributed by atoms with Crippen LogP contribution in [0, 0.1) is 17.1 Å². The molecule has 3 N–H and O–H groups in total. The molecule has 2 aromatic carbocycles. The van der Waals surface area contributed by atoms with Crippen LogP contribution in [-0.4, -0.2) is 21.8 Å². The minimum absolute atomic E-state index is 0.0199. The molecule has 0 radical (unpaired) electrons. The van der Waals surface area contributed by atoms with E-state index in [9.17, 15) is 14.0 Å². The lowest BCUT2D eigenvalue weighted by Gasteiger charge is -2.11. The van der Waals surface area contributed by atoms with Gasteiger partial charge in [0.1, 0.15) is 17.8 Å². The molecular formula is C24H18FN5O3. The summed E-state index contributed by atoms with van der Waals surface area (Å²) in [6.45, 7) is 0. The third-order valence-electron chi connectivity index (χ3n) is 4.74. The molecule has 9 heteroatoms. The van der Waals surface area contributed by atoms with Crippen LogP contribution in [0.15, 0.2) is 67.0 Å². The number of ether oxygens (including phenoxy) is 1. The van der Waals surface area contributed by atoms with Gasteiger partial charge >= 0.3 is 0 Å². The Bertz CT molecular complexity index is 1380. The van der Waals surface area contributed by atoms with Crippen LogP contribution in [0.2, 0.25) is 0 Å². The fraction of sp³-hybridized carbons (Fsp3) is 0.0833. The molecule has 0 aliphatic rings.